The number of anilines is 2. The average Bonchev–Trinajstić information content (AvgIpc) is 3.61. The summed E-state index contributed by atoms with van der Waals surface area (Å²) >= 11 is 18.3. The summed E-state index contributed by atoms with van der Waals surface area (Å²) in [4.78, 5) is 0.0939. The number of hydrogen-bond donors (Lipinski definition) is 4. The Labute approximate surface area is 267 Å². The quantitative estimate of drug-likeness (QED) is 0.137. The molecule has 0 fully saturated rings. The Kier molecular flexibility index (Phi) is 8.20. The highest BCUT2D eigenvalue weighted by molar-refractivity contribution is 7.92. The fraction of sp³-hybridized carbons (Fsp3) is 0. The number of nitrogens with two attached hydrogens (primary N) is 1. The number of aromatic amines is 2. The van der Waals surface area contributed by atoms with Crippen molar-refractivity contribution in [2.24, 2.45) is 0 Å². The lowest BCUT2D eigenvalue weighted by molar-refractivity contribution is 0.601. The van der Waals surface area contributed by atoms with E-state index in [1.54, 1.807) is 36.4 Å². The number of fused-ring (bicyclic) bond motifs is 2. The van der Waals surface area contributed by atoms with Gasteiger partial charge in [-0.25, -0.2) is 8.42 Å². The molecule has 44 heavy (non-hydrogen) atoms. The molecular weight excluding hydrogens is 639 g/mol. The molecule has 0 amide bonds. The van der Waals surface area contributed by atoms with Gasteiger partial charge >= 0.3 is 0 Å². The fourth-order valence-electron chi connectivity index (χ4n) is 4.69. The molecule has 0 unspecified atom stereocenters. The maximum absolute atomic E-state index is 12.5. The van der Waals surface area contributed by atoms with Crippen molar-refractivity contribution >= 4 is 78.0 Å². The van der Waals surface area contributed by atoms with Crippen LogP contribution in [0.4, 0.5) is 11.4 Å². The fourth-order valence-corrected chi connectivity index (χ4v) is 6.49. The Morgan fingerprint density at radius 1 is 0.636 bits per heavy atom. The lowest BCUT2D eigenvalue weighted by Crippen LogP contribution is -2.12. The van der Waals surface area contributed by atoms with Crippen molar-refractivity contribution in [1.82, 2.24) is 20.4 Å². The molecule has 0 saturated heterocycles. The molecule has 0 aliphatic carbocycles. The van der Waals surface area contributed by atoms with Crippen LogP contribution < -0.4 is 10.5 Å². The Morgan fingerprint density at radius 3 is 1.80 bits per heavy atom. The molecular formula is C32H23Cl3N6O2S. The SMILES string of the molecule is Nc1ccc2c(-c3ccccc3Cl)n[nH]c2c1.O=S(=O)(Nc1ccc2c(-c3ccccc3Cl)n[nH]c2c1)c1cccc(Cl)c1. The number of nitrogens with one attached hydrogen (secondary N) is 3. The maximum atomic E-state index is 12.5. The third-order valence-electron chi connectivity index (χ3n) is 6.77. The van der Waals surface area contributed by atoms with Gasteiger partial charge in [0.2, 0.25) is 0 Å². The van der Waals surface area contributed by atoms with Crippen molar-refractivity contribution in [3.05, 3.63) is 124 Å². The molecule has 0 aliphatic heterocycles. The second-order valence-electron chi connectivity index (χ2n) is 9.73. The van der Waals surface area contributed by atoms with E-state index in [4.69, 9.17) is 40.5 Å². The molecule has 7 rings (SSSR count). The van der Waals surface area contributed by atoms with Crippen LogP contribution in [-0.2, 0) is 10.0 Å². The number of benzene rings is 5. The van der Waals surface area contributed by atoms with E-state index in [1.807, 2.05) is 60.7 Å². The second kappa shape index (κ2) is 12.2. The van der Waals surface area contributed by atoms with E-state index in [-0.39, 0.29) is 4.90 Å². The number of H-pyrrole nitrogens is 2. The molecule has 2 heterocycles. The van der Waals surface area contributed by atoms with Crippen LogP contribution in [0.5, 0.6) is 0 Å². The average molecular weight is 662 g/mol. The Bertz CT molecular complexity index is 2250. The lowest BCUT2D eigenvalue weighted by atomic mass is 10.1. The number of nitrogens with zero attached hydrogens (tertiary/aromatic N) is 2. The van der Waals surface area contributed by atoms with Crippen LogP contribution >= 0.6 is 34.8 Å². The van der Waals surface area contributed by atoms with Crippen molar-refractivity contribution < 1.29 is 8.42 Å². The third kappa shape index (κ3) is 6.09. The van der Waals surface area contributed by atoms with Gasteiger partial charge in [0.05, 0.1) is 31.7 Å². The summed E-state index contributed by atoms with van der Waals surface area (Å²) in [5.41, 5.74) is 11.7. The maximum Gasteiger partial charge on any atom is 0.261 e. The first kappa shape index (κ1) is 29.5. The second-order valence-corrected chi connectivity index (χ2v) is 12.7. The van der Waals surface area contributed by atoms with E-state index in [2.05, 4.69) is 25.1 Å². The molecule has 7 aromatic rings. The standard InChI is InChI=1S/C19H13Cl2N3O2S.C13H10ClN3/c20-12-4-3-5-14(10-12)27(25,26)24-13-8-9-16-18(11-13)22-23-19(16)15-6-1-2-7-17(15)21;14-11-4-2-1-3-9(11)13-10-6-5-8(15)7-12(10)16-17-13/h1-11,24H,(H,22,23);1-7H,15H2,(H,16,17). The molecule has 0 atom stereocenters. The van der Waals surface area contributed by atoms with Crippen LogP contribution in [-0.4, -0.2) is 28.8 Å². The zero-order valence-electron chi connectivity index (χ0n) is 22.7. The molecule has 0 spiro atoms. The molecule has 0 bridgehead atoms. The minimum Gasteiger partial charge on any atom is -0.399 e. The molecule has 0 radical (unpaired) electrons. The smallest absolute Gasteiger partial charge is 0.261 e. The summed E-state index contributed by atoms with van der Waals surface area (Å²) in [5, 5.41) is 18.0. The van der Waals surface area contributed by atoms with Crippen LogP contribution in [0.15, 0.2) is 114 Å². The topological polar surface area (TPSA) is 130 Å². The van der Waals surface area contributed by atoms with Gasteiger partial charge in [-0.15, -0.1) is 0 Å². The van der Waals surface area contributed by atoms with Crippen LogP contribution in [0, 0.1) is 0 Å². The first-order chi connectivity index (χ1) is 21.2. The summed E-state index contributed by atoms with van der Waals surface area (Å²) in [7, 11) is -3.75. The highest BCUT2D eigenvalue weighted by Crippen LogP contribution is 2.34. The zero-order valence-corrected chi connectivity index (χ0v) is 25.8. The van der Waals surface area contributed by atoms with E-state index >= 15 is 0 Å². The van der Waals surface area contributed by atoms with Crippen LogP contribution in [0.2, 0.25) is 15.1 Å². The van der Waals surface area contributed by atoms with Crippen molar-refractivity contribution in [1.29, 1.82) is 0 Å². The largest absolute Gasteiger partial charge is 0.399 e. The van der Waals surface area contributed by atoms with Crippen LogP contribution in [0.1, 0.15) is 0 Å². The zero-order chi connectivity index (χ0) is 30.8. The summed E-state index contributed by atoms with van der Waals surface area (Å²) in [5.74, 6) is 0. The number of hydrogen-bond acceptors (Lipinski definition) is 5. The highest BCUT2D eigenvalue weighted by Gasteiger charge is 2.17. The molecule has 2 aromatic heterocycles. The first-order valence-corrected chi connectivity index (χ1v) is 15.8. The Morgan fingerprint density at radius 2 is 1.20 bits per heavy atom. The van der Waals surface area contributed by atoms with Gasteiger partial charge in [-0.1, -0.05) is 77.3 Å². The van der Waals surface area contributed by atoms with Crippen LogP contribution in [0.3, 0.4) is 0 Å². The lowest BCUT2D eigenvalue weighted by Gasteiger charge is -2.08. The molecule has 12 heteroatoms. The Balaban J connectivity index is 0.000000173. The number of sulfonamides is 1. The van der Waals surface area contributed by atoms with Gasteiger partial charge in [0, 0.05) is 32.6 Å². The number of aromatic nitrogens is 4. The summed E-state index contributed by atoms with van der Waals surface area (Å²) in [6.45, 7) is 0. The normalized spacial score (nSPS) is 11.3. The molecule has 0 saturated carbocycles. The molecule has 220 valence electrons. The molecule has 8 nitrogen and oxygen atoms in total. The predicted octanol–water partition coefficient (Wildman–Crippen LogP) is 8.80. The molecule has 5 N–H and O–H groups in total. The summed E-state index contributed by atoms with van der Waals surface area (Å²) in [6, 6.07) is 32.0. The van der Waals surface area contributed by atoms with Gasteiger partial charge < -0.3 is 5.73 Å². The van der Waals surface area contributed by atoms with Crippen molar-refractivity contribution in [2.75, 3.05) is 10.5 Å². The number of rotatable bonds is 5. The first-order valence-electron chi connectivity index (χ1n) is 13.2. The monoisotopic (exact) mass is 660 g/mol. The van der Waals surface area contributed by atoms with Gasteiger partial charge in [0.25, 0.3) is 10.0 Å². The van der Waals surface area contributed by atoms with Crippen molar-refractivity contribution in [2.45, 2.75) is 4.90 Å². The Hall–Kier alpha value is -4.54. The van der Waals surface area contributed by atoms with Gasteiger partial charge in [-0.2, -0.15) is 10.2 Å². The van der Waals surface area contributed by atoms with E-state index in [0.29, 0.717) is 37.7 Å². The summed E-state index contributed by atoms with van der Waals surface area (Å²) < 4.78 is 27.7. The van der Waals surface area contributed by atoms with E-state index in [0.717, 1.165) is 33.1 Å². The van der Waals surface area contributed by atoms with Gasteiger partial charge in [0.1, 0.15) is 11.4 Å². The van der Waals surface area contributed by atoms with E-state index < -0.39 is 10.0 Å². The minimum atomic E-state index is -3.75. The van der Waals surface area contributed by atoms with Gasteiger partial charge in [-0.05, 0) is 66.7 Å². The van der Waals surface area contributed by atoms with Gasteiger partial charge in [0.15, 0.2) is 0 Å². The highest BCUT2D eigenvalue weighted by atomic mass is 35.5. The molecule has 0 aliphatic rings. The van der Waals surface area contributed by atoms with Crippen molar-refractivity contribution in [3.63, 3.8) is 0 Å². The van der Waals surface area contributed by atoms with Crippen LogP contribution in [0.25, 0.3) is 44.3 Å². The third-order valence-corrected chi connectivity index (χ3v) is 9.04. The van der Waals surface area contributed by atoms with E-state index in [1.165, 1.54) is 12.1 Å². The van der Waals surface area contributed by atoms with E-state index in [9.17, 15) is 8.42 Å². The summed E-state index contributed by atoms with van der Waals surface area (Å²) in [6.07, 6.45) is 0. The number of nitrogen functional groups attached to an aromatic ring is 1. The molecule has 5 aromatic carbocycles. The predicted molar refractivity (Wildman–Crippen MR) is 180 cm³/mol. The minimum absolute atomic E-state index is 0.0939. The van der Waals surface area contributed by atoms with Crippen molar-refractivity contribution in [3.8, 4) is 22.5 Å². The van der Waals surface area contributed by atoms with Gasteiger partial charge in [-0.3, -0.25) is 14.9 Å². The number of halogens is 3.